The van der Waals surface area contributed by atoms with Crippen LogP contribution in [0.3, 0.4) is 0 Å². The van der Waals surface area contributed by atoms with E-state index in [0.29, 0.717) is 5.75 Å². The topological polar surface area (TPSA) is 60.7 Å². The van der Waals surface area contributed by atoms with Gasteiger partial charge in [0.2, 0.25) is 0 Å². The van der Waals surface area contributed by atoms with Crippen molar-refractivity contribution >= 4 is 32.3 Å². The zero-order valence-electron chi connectivity index (χ0n) is 39.2. The monoisotopic (exact) mass is 866 g/mol. The van der Waals surface area contributed by atoms with Crippen molar-refractivity contribution in [3.05, 3.63) is 245 Å². The van der Waals surface area contributed by atoms with Gasteiger partial charge in [0.15, 0.2) is 0 Å². The van der Waals surface area contributed by atoms with Crippen molar-refractivity contribution in [2.45, 2.75) is 72.6 Å². The number of hydrogen-bond donors (Lipinski definition) is 3. The number of phenols is 3. The van der Waals surface area contributed by atoms with Crippen LogP contribution >= 0.6 is 0 Å². The van der Waals surface area contributed by atoms with E-state index in [-0.39, 0.29) is 11.5 Å². The lowest BCUT2D eigenvalue weighted by Crippen LogP contribution is -2.28. The second-order valence-corrected chi connectivity index (χ2v) is 16.4. The normalized spacial score (nSPS) is 11.7. The zero-order valence-corrected chi connectivity index (χ0v) is 39.2. The fourth-order valence-corrected chi connectivity index (χ4v) is 9.19. The highest BCUT2D eigenvalue weighted by Gasteiger charge is 2.45. The van der Waals surface area contributed by atoms with E-state index in [2.05, 4.69) is 161 Å². The van der Waals surface area contributed by atoms with Crippen LogP contribution in [0.4, 0.5) is 0 Å². The van der Waals surface area contributed by atoms with Crippen molar-refractivity contribution in [1.29, 1.82) is 0 Å². The summed E-state index contributed by atoms with van der Waals surface area (Å²) in [5.74, 6) is 0.856. The molecule has 0 amide bonds. The molecule has 10 aromatic rings. The fourth-order valence-electron chi connectivity index (χ4n) is 9.19. The van der Waals surface area contributed by atoms with Gasteiger partial charge in [0.25, 0.3) is 0 Å². The summed E-state index contributed by atoms with van der Waals surface area (Å²) in [7, 11) is 0. The van der Waals surface area contributed by atoms with E-state index in [1.54, 1.807) is 30.3 Å². The van der Waals surface area contributed by atoms with Crippen molar-refractivity contribution < 1.29 is 15.3 Å². The van der Waals surface area contributed by atoms with Crippen LogP contribution < -0.4 is 0 Å². The highest BCUT2D eigenvalue weighted by Crippen LogP contribution is 2.56. The quantitative estimate of drug-likeness (QED) is 0.146. The third-order valence-corrected chi connectivity index (χ3v) is 12.7. The molecule has 0 aromatic heterocycles. The number of hydrogen-bond acceptors (Lipinski definition) is 3. The first kappa shape index (κ1) is 46.6. The number of fused-ring (bicyclic) bond motifs is 3. The number of aryl methyl sites for hydroxylation is 4. The SMILES string of the molecule is CC.CCc1ccc(CC)cc1.CCc1ccc(CC)cc1.Oc1ccc(C2(c3ccc(O)cc3)c3ccccc3-c3ccccc32)cc1.Oc1ccc2ccc3cccc4ccc1c2c34. The summed E-state index contributed by atoms with van der Waals surface area (Å²) in [4.78, 5) is 0. The molecule has 0 radical (unpaired) electrons. The Morgan fingerprint density at radius 2 is 0.682 bits per heavy atom. The average Bonchev–Trinajstić information content (AvgIpc) is 3.69. The maximum absolute atomic E-state index is 9.95. The predicted octanol–water partition coefficient (Wildman–Crippen LogP) is 16.4. The van der Waals surface area contributed by atoms with Gasteiger partial charge < -0.3 is 15.3 Å². The molecule has 0 aliphatic heterocycles. The molecule has 11 rings (SSSR count). The zero-order chi connectivity index (χ0) is 46.6. The van der Waals surface area contributed by atoms with Crippen LogP contribution in [0.1, 0.15) is 86.1 Å². The molecule has 0 unspecified atom stereocenters. The summed E-state index contributed by atoms with van der Waals surface area (Å²) in [5, 5.41) is 36.6. The molecule has 0 heterocycles. The largest absolute Gasteiger partial charge is 0.508 e. The first-order valence-electron chi connectivity index (χ1n) is 23.6. The minimum Gasteiger partial charge on any atom is -0.508 e. The third kappa shape index (κ3) is 9.53. The van der Waals surface area contributed by atoms with Crippen LogP contribution in [0.2, 0.25) is 0 Å². The van der Waals surface area contributed by atoms with Gasteiger partial charge in [-0.2, -0.15) is 0 Å². The van der Waals surface area contributed by atoms with E-state index in [0.717, 1.165) is 42.2 Å². The van der Waals surface area contributed by atoms with Crippen LogP contribution in [-0.2, 0) is 31.1 Å². The molecule has 0 bridgehead atoms. The fraction of sp³-hybridized carbons (Fsp3) is 0.175. The standard InChI is InChI=1S/C25H18O2.C16H10O.2C10H14.C2H6/c26-19-13-9-17(10-14-19)25(18-11-15-20(27)16-12-18)23-7-3-1-5-21(23)22-6-2-4-8-24(22)25;17-14-9-7-12-5-4-10-2-1-3-11-6-8-13(14)16(12)15(10)11;2*1-3-9-5-7-10(4-2)8-6-9;1-2/h1-16,26-27H;1-9,17H;2*5-8H,3-4H2,1-2H3;1-2H3. The van der Waals surface area contributed by atoms with Gasteiger partial charge in [-0.25, -0.2) is 0 Å². The molecule has 0 atom stereocenters. The van der Waals surface area contributed by atoms with Gasteiger partial charge in [-0.1, -0.05) is 211 Å². The molecule has 3 heteroatoms. The van der Waals surface area contributed by atoms with Gasteiger partial charge >= 0.3 is 0 Å². The number of rotatable bonds is 6. The first-order valence-corrected chi connectivity index (χ1v) is 23.6. The Bertz CT molecular complexity index is 2890. The summed E-state index contributed by atoms with van der Waals surface area (Å²) in [5.41, 5.74) is 12.2. The van der Waals surface area contributed by atoms with Crippen LogP contribution in [0.15, 0.2) is 200 Å². The van der Waals surface area contributed by atoms with Gasteiger partial charge in [-0.3, -0.25) is 0 Å². The van der Waals surface area contributed by atoms with Crippen molar-refractivity contribution in [2.24, 2.45) is 0 Å². The van der Waals surface area contributed by atoms with Crippen LogP contribution in [0.5, 0.6) is 17.2 Å². The van der Waals surface area contributed by atoms with Gasteiger partial charge in [0, 0.05) is 10.8 Å². The lowest BCUT2D eigenvalue weighted by Gasteiger charge is -2.33. The minimum absolute atomic E-state index is 0.249. The molecule has 1 aliphatic rings. The van der Waals surface area contributed by atoms with Crippen molar-refractivity contribution in [2.75, 3.05) is 0 Å². The van der Waals surface area contributed by atoms with Gasteiger partial charge in [-0.15, -0.1) is 0 Å². The number of phenolic OH excluding ortho intramolecular Hbond substituents is 3. The summed E-state index contributed by atoms with van der Waals surface area (Å²) >= 11 is 0. The van der Waals surface area contributed by atoms with Crippen molar-refractivity contribution in [1.82, 2.24) is 0 Å². The van der Waals surface area contributed by atoms with Gasteiger partial charge in [0.1, 0.15) is 17.2 Å². The Labute approximate surface area is 391 Å². The van der Waals surface area contributed by atoms with Crippen molar-refractivity contribution in [3.8, 4) is 28.4 Å². The molecule has 0 spiro atoms. The summed E-state index contributed by atoms with van der Waals surface area (Å²) < 4.78 is 0. The maximum atomic E-state index is 9.95. The molecular weight excluding hydrogens is 805 g/mol. The summed E-state index contributed by atoms with van der Waals surface area (Å²) in [6.07, 6.45) is 4.57. The Morgan fingerprint density at radius 1 is 0.333 bits per heavy atom. The maximum Gasteiger partial charge on any atom is 0.123 e. The molecule has 0 fully saturated rings. The van der Waals surface area contributed by atoms with Crippen LogP contribution in [0.25, 0.3) is 43.4 Å². The minimum atomic E-state index is -0.491. The molecular formula is C63H62O3. The first-order chi connectivity index (χ1) is 32.3. The smallest absolute Gasteiger partial charge is 0.123 e. The highest BCUT2D eigenvalue weighted by atomic mass is 16.3. The summed E-state index contributed by atoms with van der Waals surface area (Å²) in [6.45, 7) is 12.7. The lowest BCUT2D eigenvalue weighted by molar-refractivity contribution is 0.474. The molecule has 10 aromatic carbocycles. The van der Waals surface area contributed by atoms with Gasteiger partial charge in [-0.05, 0) is 133 Å². The van der Waals surface area contributed by atoms with Crippen LogP contribution in [-0.4, -0.2) is 15.3 Å². The van der Waals surface area contributed by atoms with E-state index >= 15 is 0 Å². The van der Waals surface area contributed by atoms with E-state index in [1.165, 1.54) is 71.4 Å². The Kier molecular flexibility index (Phi) is 15.2. The molecule has 66 heavy (non-hydrogen) atoms. The third-order valence-electron chi connectivity index (χ3n) is 12.7. The molecule has 0 saturated carbocycles. The van der Waals surface area contributed by atoms with E-state index in [9.17, 15) is 15.3 Å². The molecule has 332 valence electrons. The second-order valence-electron chi connectivity index (χ2n) is 16.4. The van der Waals surface area contributed by atoms with E-state index in [1.807, 2.05) is 50.2 Å². The van der Waals surface area contributed by atoms with Gasteiger partial charge in [0.05, 0.1) is 5.41 Å². The Morgan fingerprint density at radius 3 is 1.08 bits per heavy atom. The Balaban J connectivity index is 0.000000142. The summed E-state index contributed by atoms with van der Waals surface area (Å²) in [6, 6.07) is 67.9. The Hall–Kier alpha value is -7.36. The van der Waals surface area contributed by atoms with E-state index < -0.39 is 5.41 Å². The molecule has 0 saturated heterocycles. The lowest BCUT2D eigenvalue weighted by atomic mass is 9.68. The molecule has 1 aliphatic carbocycles. The van der Waals surface area contributed by atoms with Crippen molar-refractivity contribution in [3.63, 3.8) is 0 Å². The second kappa shape index (κ2) is 21.5. The predicted molar refractivity (Wildman–Crippen MR) is 281 cm³/mol. The molecule has 3 N–H and O–H groups in total. The highest BCUT2D eigenvalue weighted by molar-refractivity contribution is 6.24. The number of benzene rings is 10. The average molecular weight is 867 g/mol. The van der Waals surface area contributed by atoms with E-state index in [4.69, 9.17) is 0 Å². The van der Waals surface area contributed by atoms with Crippen LogP contribution in [0, 0.1) is 0 Å². The number of aromatic hydroxyl groups is 3. The molecule has 3 nitrogen and oxygen atoms in total.